The predicted molar refractivity (Wildman–Crippen MR) is 115 cm³/mol. The number of amides is 1. The second kappa shape index (κ2) is 8.79. The molecule has 1 N–H and O–H groups in total. The molecule has 0 bridgehead atoms. The Morgan fingerprint density at radius 1 is 1.06 bits per heavy atom. The summed E-state index contributed by atoms with van der Waals surface area (Å²) in [6.45, 7) is 6.81. The lowest BCUT2D eigenvalue weighted by Crippen LogP contribution is -2.28. The highest BCUT2D eigenvalue weighted by Gasteiger charge is 2.32. The van der Waals surface area contributed by atoms with Crippen LogP contribution in [0.2, 0.25) is 0 Å². The maximum Gasteiger partial charge on any atom is 0.416 e. The van der Waals surface area contributed by atoms with Gasteiger partial charge in [0, 0.05) is 25.0 Å². The molecule has 3 aromatic rings. The van der Waals surface area contributed by atoms with Gasteiger partial charge in [-0.25, -0.2) is 4.68 Å². The molecule has 0 unspecified atom stereocenters. The molecule has 0 aliphatic carbocycles. The molecule has 1 aromatic heterocycles. The van der Waals surface area contributed by atoms with Gasteiger partial charge in [-0.15, -0.1) is 0 Å². The van der Waals surface area contributed by atoms with Gasteiger partial charge in [0.25, 0.3) is 11.5 Å². The third-order valence-corrected chi connectivity index (χ3v) is 5.06. The Kier molecular flexibility index (Phi) is 6.33. The lowest BCUT2D eigenvalue weighted by atomic mass is 10.1. The highest BCUT2D eigenvalue weighted by atomic mass is 19.4. The first-order valence-corrected chi connectivity index (χ1v) is 9.98. The predicted octanol–water partition coefficient (Wildman–Crippen LogP) is 4.53. The van der Waals surface area contributed by atoms with Gasteiger partial charge in [-0.1, -0.05) is 18.2 Å². The zero-order valence-corrected chi connectivity index (χ0v) is 17.5. The Hall–Kier alpha value is -3.36. The fraction of sp³-hybridized carbons (Fsp3) is 0.318. The van der Waals surface area contributed by atoms with Gasteiger partial charge in [-0.2, -0.15) is 18.3 Å². The van der Waals surface area contributed by atoms with Gasteiger partial charge < -0.3 is 10.2 Å². The number of nitrogens with one attached hydrogen (secondary N) is 1. The molecule has 1 amide bonds. The van der Waals surface area contributed by atoms with E-state index in [0.717, 1.165) is 16.8 Å². The van der Waals surface area contributed by atoms with Crippen molar-refractivity contribution in [3.8, 4) is 0 Å². The second-order valence-electron chi connectivity index (χ2n) is 6.87. The average molecular weight is 432 g/mol. The molecule has 9 heteroatoms. The van der Waals surface area contributed by atoms with Crippen LogP contribution < -0.4 is 15.8 Å². The van der Waals surface area contributed by atoms with Gasteiger partial charge in [0.2, 0.25) is 0 Å². The summed E-state index contributed by atoms with van der Waals surface area (Å²) in [5, 5.41) is 7.41. The Labute approximate surface area is 177 Å². The average Bonchev–Trinajstić information content (AvgIpc) is 2.75. The van der Waals surface area contributed by atoms with Crippen LogP contribution in [0, 0.1) is 0 Å². The molecule has 0 spiro atoms. The van der Waals surface area contributed by atoms with Crippen LogP contribution in [0.3, 0.4) is 0 Å². The van der Waals surface area contributed by atoms with E-state index in [2.05, 4.69) is 10.4 Å². The van der Waals surface area contributed by atoms with Crippen molar-refractivity contribution in [1.82, 2.24) is 9.78 Å². The number of rotatable bonds is 6. The third kappa shape index (κ3) is 4.40. The van der Waals surface area contributed by atoms with E-state index >= 15 is 0 Å². The van der Waals surface area contributed by atoms with Gasteiger partial charge in [0.05, 0.1) is 22.3 Å². The zero-order chi connectivity index (χ0) is 22.8. The molecule has 0 atom stereocenters. The normalized spacial score (nSPS) is 11.5. The largest absolute Gasteiger partial charge is 0.416 e. The van der Waals surface area contributed by atoms with Crippen molar-refractivity contribution in [2.24, 2.45) is 0 Å². The van der Waals surface area contributed by atoms with E-state index in [1.165, 1.54) is 6.07 Å². The molecule has 6 nitrogen and oxygen atoms in total. The number of hydrogen-bond acceptors (Lipinski definition) is 4. The van der Waals surface area contributed by atoms with Crippen molar-refractivity contribution in [2.45, 2.75) is 33.5 Å². The summed E-state index contributed by atoms with van der Waals surface area (Å²) in [6.07, 6.45) is -4.55. The van der Waals surface area contributed by atoms with Crippen LogP contribution in [0.5, 0.6) is 0 Å². The number of anilines is 2. The number of fused-ring (bicyclic) bond motifs is 1. The van der Waals surface area contributed by atoms with Crippen molar-refractivity contribution in [3.63, 3.8) is 0 Å². The fourth-order valence-corrected chi connectivity index (χ4v) is 3.45. The number of nitrogens with zero attached hydrogens (tertiary/aromatic N) is 3. The fourth-order valence-electron chi connectivity index (χ4n) is 3.45. The first kappa shape index (κ1) is 22.3. The summed E-state index contributed by atoms with van der Waals surface area (Å²) in [6, 6.07) is 9.80. The van der Waals surface area contributed by atoms with Crippen LogP contribution in [0.25, 0.3) is 10.8 Å². The second-order valence-corrected chi connectivity index (χ2v) is 6.87. The van der Waals surface area contributed by atoms with Crippen molar-refractivity contribution >= 4 is 28.1 Å². The number of alkyl halides is 3. The molecule has 2 aromatic carbocycles. The Bertz CT molecular complexity index is 1170. The van der Waals surface area contributed by atoms with Gasteiger partial charge in [0.1, 0.15) is 0 Å². The lowest BCUT2D eigenvalue weighted by molar-refractivity contribution is -0.137. The van der Waals surface area contributed by atoms with Crippen molar-refractivity contribution in [1.29, 1.82) is 0 Å². The van der Waals surface area contributed by atoms with Crippen LogP contribution in [0.15, 0.2) is 47.3 Å². The maximum absolute atomic E-state index is 13.3. The van der Waals surface area contributed by atoms with Gasteiger partial charge in [0.15, 0.2) is 5.69 Å². The highest BCUT2D eigenvalue weighted by Crippen LogP contribution is 2.35. The van der Waals surface area contributed by atoms with Crippen LogP contribution in [0.1, 0.15) is 36.8 Å². The zero-order valence-electron chi connectivity index (χ0n) is 17.5. The van der Waals surface area contributed by atoms with Gasteiger partial charge >= 0.3 is 6.18 Å². The Morgan fingerprint density at radius 3 is 2.29 bits per heavy atom. The minimum Gasteiger partial charge on any atom is -0.370 e. The smallest absolute Gasteiger partial charge is 0.370 e. The summed E-state index contributed by atoms with van der Waals surface area (Å²) < 4.78 is 41.1. The molecule has 0 aliphatic rings. The number of hydrogen-bond donors (Lipinski definition) is 1. The first-order chi connectivity index (χ1) is 14.7. The molecule has 0 saturated carbocycles. The van der Waals surface area contributed by atoms with Crippen LogP contribution in [-0.2, 0) is 12.7 Å². The van der Waals surface area contributed by atoms with E-state index in [-0.39, 0.29) is 23.5 Å². The number of aromatic nitrogens is 2. The lowest BCUT2D eigenvalue weighted by Gasteiger charge is -2.25. The van der Waals surface area contributed by atoms with Gasteiger partial charge in [-0.05, 0) is 45.0 Å². The van der Waals surface area contributed by atoms with Crippen molar-refractivity contribution < 1.29 is 18.0 Å². The summed E-state index contributed by atoms with van der Waals surface area (Å²) in [5.74, 6) is -0.689. The third-order valence-electron chi connectivity index (χ3n) is 5.06. The number of halogens is 3. The molecule has 0 radical (unpaired) electrons. The summed E-state index contributed by atoms with van der Waals surface area (Å²) in [5.41, 5.74) is -0.726. The van der Waals surface area contributed by atoms with E-state index in [9.17, 15) is 22.8 Å². The summed E-state index contributed by atoms with van der Waals surface area (Å²) in [4.78, 5) is 27.5. The first-order valence-electron chi connectivity index (χ1n) is 9.98. The van der Waals surface area contributed by atoms with Crippen molar-refractivity contribution in [3.05, 3.63) is 64.1 Å². The number of aryl methyl sites for hydroxylation is 1. The van der Waals surface area contributed by atoms with E-state index in [4.69, 9.17) is 0 Å². The minimum absolute atomic E-state index is 0.0278. The van der Waals surface area contributed by atoms with Crippen LogP contribution >= 0.6 is 0 Å². The molecule has 164 valence electrons. The van der Waals surface area contributed by atoms with E-state index in [0.29, 0.717) is 29.5 Å². The molecule has 31 heavy (non-hydrogen) atoms. The van der Waals surface area contributed by atoms with E-state index < -0.39 is 17.6 Å². The Morgan fingerprint density at radius 2 is 1.71 bits per heavy atom. The van der Waals surface area contributed by atoms with E-state index in [1.807, 2.05) is 18.7 Å². The topological polar surface area (TPSA) is 67.2 Å². The summed E-state index contributed by atoms with van der Waals surface area (Å²) >= 11 is 0. The SMILES string of the molecule is CCN(CC)c1ccc(C(F)(F)F)cc1NC(=O)c1nn(CC)c(=O)c2ccccc12. The van der Waals surface area contributed by atoms with Gasteiger partial charge in [-0.3, -0.25) is 9.59 Å². The molecule has 0 fully saturated rings. The molecule has 1 heterocycles. The van der Waals surface area contributed by atoms with Crippen molar-refractivity contribution in [2.75, 3.05) is 23.3 Å². The number of benzene rings is 2. The van der Waals surface area contributed by atoms with Crippen LogP contribution in [0.4, 0.5) is 24.5 Å². The number of carbonyl (C=O) groups excluding carboxylic acids is 1. The molecular formula is C22H23F3N4O2. The van der Waals surface area contributed by atoms with Crippen LogP contribution in [-0.4, -0.2) is 28.8 Å². The van der Waals surface area contributed by atoms with E-state index in [1.54, 1.807) is 31.2 Å². The Balaban J connectivity index is 2.13. The molecule has 0 saturated heterocycles. The molecule has 0 aliphatic heterocycles. The summed E-state index contributed by atoms with van der Waals surface area (Å²) in [7, 11) is 0. The highest BCUT2D eigenvalue weighted by molar-refractivity contribution is 6.12. The standard InChI is InChI=1S/C22H23F3N4O2/c1-4-28(5-2)18-12-11-14(22(23,24)25)13-17(18)26-20(30)19-15-9-7-8-10-16(15)21(31)29(6-3)27-19/h7-13H,4-6H2,1-3H3,(H,26,30). The minimum atomic E-state index is -4.55. The number of carbonyl (C=O) groups is 1. The molecular weight excluding hydrogens is 409 g/mol. The quantitative estimate of drug-likeness (QED) is 0.621. The monoisotopic (exact) mass is 432 g/mol. The maximum atomic E-state index is 13.3. The molecule has 3 rings (SSSR count).